The molecule has 2 heterocycles. The number of aliphatic hydroxyl groups is 1. The van der Waals surface area contributed by atoms with E-state index in [4.69, 9.17) is 4.74 Å². The van der Waals surface area contributed by atoms with Gasteiger partial charge in [-0.15, -0.1) is 0 Å². The highest BCUT2D eigenvalue weighted by Crippen LogP contribution is 2.27. The minimum absolute atomic E-state index is 0.0358. The molecule has 1 aromatic carbocycles. The van der Waals surface area contributed by atoms with Gasteiger partial charge in [0.25, 0.3) is 0 Å². The van der Waals surface area contributed by atoms with Crippen LogP contribution in [0.2, 0.25) is 0 Å². The molecule has 0 spiro atoms. The van der Waals surface area contributed by atoms with E-state index in [-0.39, 0.29) is 6.61 Å². The molecule has 1 aromatic heterocycles. The van der Waals surface area contributed by atoms with Crippen LogP contribution < -0.4 is 0 Å². The maximum atomic E-state index is 9.39. The lowest BCUT2D eigenvalue weighted by atomic mass is 10.0. The number of aromatic nitrogens is 1. The predicted molar refractivity (Wildman–Crippen MR) is 64.1 cm³/mol. The van der Waals surface area contributed by atoms with Gasteiger partial charge in [-0.3, -0.25) is 0 Å². The molecule has 1 aliphatic rings. The maximum Gasteiger partial charge on any atom is 0.0896 e. The van der Waals surface area contributed by atoms with Crippen molar-refractivity contribution < 1.29 is 9.84 Å². The van der Waals surface area contributed by atoms with Crippen LogP contribution in [-0.2, 0) is 24.6 Å². The average Bonchev–Trinajstić information content (AvgIpc) is 2.86. The summed E-state index contributed by atoms with van der Waals surface area (Å²) in [5.74, 6) is 0. The summed E-state index contributed by atoms with van der Waals surface area (Å²) in [6.45, 7) is 1.14. The summed E-state index contributed by atoms with van der Waals surface area (Å²) in [6, 6.07) is 11.9. The lowest BCUT2D eigenvalue weighted by Crippen LogP contribution is -1.98. The molecule has 0 saturated carbocycles. The highest BCUT2D eigenvalue weighted by molar-refractivity contribution is 5.61. The molecule has 1 N–H and O–H groups in total. The second-order valence-corrected chi connectivity index (χ2v) is 4.11. The van der Waals surface area contributed by atoms with Crippen LogP contribution in [0, 0.1) is 0 Å². The normalized spacial score (nSPS) is 13.7. The summed E-state index contributed by atoms with van der Waals surface area (Å²) in [5, 5.41) is 9.39. The first-order valence-electron chi connectivity index (χ1n) is 5.64. The van der Waals surface area contributed by atoms with Crippen molar-refractivity contribution in [2.75, 3.05) is 0 Å². The van der Waals surface area contributed by atoms with Crippen LogP contribution in [0.3, 0.4) is 0 Å². The van der Waals surface area contributed by atoms with Crippen molar-refractivity contribution in [3.8, 4) is 11.3 Å². The molecule has 0 unspecified atom stereocenters. The van der Waals surface area contributed by atoms with Gasteiger partial charge < -0.3 is 9.84 Å². The van der Waals surface area contributed by atoms with Crippen LogP contribution >= 0.6 is 0 Å². The Kier molecular flexibility index (Phi) is 2.63. The minimum atomic E-state index is 0.0358. The smallest absolute Gasteiger partial charge is 0.0896 e. The lowest BCUT2D eigenvalue weighted by molar-refractivity contribution is 0.132. The predicted octanol–water partition coefficient (Wildman–Crippen LogP) is 2.27. The Morgan fingerprint density at radius 2 is 2.00 bits per heavy atom. The first kappa shape index (κ1) is 10.4. The van der Waals surface area contributed by atoms with E-state index < -0.39 is 0 Å². The molecule has 0 amide bonds. The third-order valence-corrected chi connectivity index (χ3v) is 3.03. The molecular formula is C14H13NO2. The van der Waals surface area contributed by atoms with E-state index in [1.54, 1.807) is 0 Å². The Hall–Kier alpha value is -1.71. The Balaban J connectivity index is 2.13. The number of rotatable bonds is 2. The van der Waals surface area contributed by atoms with Gasteiger partial charge in [0.1, 0.15) is 0 Å². The van der Waals surface area contributed by atoms with E-state index in [0.717, 1.165) is 28.1 Å². The van der Waals surface area contributed by atoms with E-state index >= 15 is 0 Å². The topological polar surface area (TPSA) is 42.4 Å². The zero-order valence-corrected chi connectivity index (χ0v) is 9.39. The van der Waals surface area contributed by atoms with Gasteiger partial charge in [0.2, 0.25) is 0 Å². The van der Waals surface area contributed by atoms with Gasteiger partial charge in [-0.25, -0.2) is 4.98 Å². The highest BCUT2D eigenvalue weighted by atomic mass is 16.5. The molecule has 86 valence electrons. The number of nitrogens with zero attached hydrogens (tertiary/aromatic N) is 1. The third kappa shape index (κ3) is 1.84. The van der Waals surface area contributed by atoms with Crippen LogP contribution in [0.15, 0.2) is 36.4 Å². The molecule has 3 nitrogen and oxygen atoms in total. The van der Waals surface area contributed by atoms with Crippen LogP contribution in [0.1, 0.15) is 16.8 Å². The summed E-state index contributed by atoms with van der Waals surface area (Å²) in [5.41, 5.74) is 4.89. The lowest BCUT2D eigenvalue weighted by Gasteiger charge is -2.08. The molecule has 0 atom stereocenters. The summed E-state index contributed by atoms with van der Waals surface area (Å²) in [6.07, 6.45) is 0. The van der Waals surface area contributed by atoms with Crippen LogP contribution in [0.4, 0.5) is 0 Å². The molecule has 2 aromatic rings. The van der Waals surface area contributed by atoms with E-state index in [2.05, 4.69) is 4.98 Å². The molecular weight excluding hydrogens is 214 g/mol. The second kappa shape index (κ2) is 4.28. The number of hydrogen-bond donors (Lipinski definition) is 1. The number of fused-ring (bicyclic) bond motifs is 1. The number of benzene rings is 1. The number of pyridine rings is 1. The molecule has 3 rings (SSSR count). The SMILES string of the molecule is OCc1cc(-c2ccccc2)nc2c1COC2. The number of ether oxygens (including phenoxy) is 1. The van der Waals surface area contributed by atoms with Gasteiger partial charge in [0, 0.05) is 11.1 Å². The maximum absolute atomic E-state index is 9.39. The molecule has 0 fully saturated rings. The highest BCUT2D eigenvalue weighted by Gasteiger charge is 2.18. The standard InChI is InChI=1S/C14H13NO2/c16-7-11-6-13(10-4-2-1-3-5-10)15-14-9-17-8-12(11)14/h1-6,16H,7-9H2. The van der Waals surface area contributed by atoms with Crippen molar-refractivity contribution in [2.24, 2.45) is 0 Å². The largest absolute Gasteiger partial charge is 0.392 e. The van der Waals surface area contributed by atoms with Crippen LogP contribution in [0.25, 0.3) is 11.3 Å². The fourth-order valence-electron chi connectivity index (χ4n) is 2.13. The van der Waals surface area contributed by atoms with Gasteiger partial charge in [-0.2, -0.15) is 0 Å². The number of aliphatic hydroxyl groups excluding tert-OH is 1. The minimum Gasteiger partial charge on any atom is -0.392 e. The van der Waals surface area contributed by atoms with Gasteiger partial charge in [0.05, 0.1) is 31.2 Å². The van der Waals surface area contributed by atoms with Gasteiger partial charge in [-0.1, -0.05) is 30.3 Å². The first-order chi connectivity index (χ1) is 8.38. The van der Waals surface area contributed by atoms with Crippen LogP contribution in [0.5, 0.6) is 0 Å². The zero-order chi connectivity index (χ0) is 11.7. The second-order valence-electron chi connectivity index (χ2n) is 4.11. The fraction of sp³-hybridized carbons (Fsp3) is 0.214. The molecule has 1 aliphatic heterocycles. The van der Waals surface area contributed by atoms with Crippen molar-refractivity contribution >= 4 is 0 Å². The molecule has 0 radical (unpaired) electrons. The Labute approximate surface area is 99.7 Å². The van der Waals surface area contributed by atoms with Gasteiger partial charge in [-0.05, 0) is 11.6 Å². The van der Waals surface area contributed by atoms with E-state index in [9.17, 15) is 5.11 Å². The van der Waals surface area contributed by atoms with Crippen molar-refractivity contribution in [2.45, 2.75) is 19.8 Å². The quantitative estimate of drug-likeness (QED) is 0.855. The average molecular weight is 227 g/mol. The van der Waals surface area contributed by atoms with Crippen molar-refractivity contribution in [3.05, 3.63) is 53.2 Å². The van der Waals surface area contributed by atoms with Crippen molar-refractivity contribution in [1.82, 2.24) is 4.98 Å². The first-order valence-corrected chi connectivity index (χ1v) is 5.64. The van der Waals surface area contributed by atoms with Crippen molar-refractivity contribution in [1.29, 1.82) is 0 Å². The molecule has 3 heteroatoms. The molecule has 0 aliphatic carbocycles. The van der Waals surface area contributed by atoms with Gasteiger partial charge in [0.15, 0.2) is 0 Å². The Morgan fingerprint density at radius 1 is 1.18 bits per heavy atom. The Morgan fingerprint density at radius 3 is 2.76 bits per heavy atom. The summed E-state index contributed by atoms with van der Waals surface area (Å²) in [4.78, 5) is 4.60. The molecule has 0 saturated heterocycles. The monoisotopic (exact) mass is 227 g/mol. The van der Waals surface area contributed by atoms with E-state index in [1.165, 1.54) is 0 Å². The zero-order valence-electron chi connectivity index (χ0n) is 9.39. The number of hydrogen-bond acceptors (Lipinski definition) is 3. The Bertz CT molecular complexity index is 537. The molecule has 0 bridgehead atoms. The van der Waals surface area contributed by atoms with Crippen LogP contribution in [-0.4, -0.2) is 10.1 Å². The summed E-state index contributed by atoms with van der Waals surface area (Å²) in [7, 11) is 0. The third-order valence-electron chi connectivity index (χ3n) is 3.03. The van der Waals surface area contributed by atoms with E-state index in [0.29, 0.717) is 13.2 Å². The molecule has 17 heavy (non-hydrogen) atoms. The van der Waals surface area contributed by atoms with Crippen molar-refractivity contribution in [3.63, 3.8) is 0 Å². The van der Waals surface area contributed by atoms with E-state index in [1.807, 2.05) is 36.4 Å². The fourth-order valence-corrected chi connectivity index (χ4v) is 2.13. The van der Waals surface area contributed by atoms with Gasteiger partial charge >= 0.3 is 0 Å². The summed E-state index contributed by atoms with van der Waals surface area (Å²) >= 11 is 0. The summed E-state index contributed by atoms with van der Waals surface area (Å²) < 4.78 is 5.37.